The Kier molecular flexibility index (Phi) is 20.8. The maximum Gasteiger partial charge on any atom is 0.256 e. The maximum atomic E-state index is 8.20. The van der Waals surface area contributed by atoms with Gasteiger partial charge < -0.3 is 14.2 Å². The van der Waals surface area contributed by atoms with E-state index in [-0.39, 0.29) is 23.0 Å². The van der Waals surface area contributed by atoms with Crippen molar-refractivity contribution in [3.8, 4) is 95.1 Å². The van der Waals surface area contributed by atoms with Crippen LogP contribution in [0.1, 0.15) is 79.0 Å². The summed E-state index contributed by atoms with van der Waals surface area (Å²) in [5.41, 5.74) is 29.5. The van der Waals surface area contributed by atoms with Crippen LogP contribution in [-0.4, -0.2) is 27.4 Å². The van der Waals surface area contributed by atoms with Crippen LogP contribution in [0.15, 0.2) is 461 Å². The fraction of sp³-hybridized carbons (Fsp3) is 0.0952. The third kappa shape index (κ3) is 14.7. The lowest BCUT2D eigenvalue weighted by atomic mass is 9.34. The molecule has 20 aromatic rings. The van der Waals surface area contributed by atoms with Gasteiger partial charge in [0.2, 0.25) is 0 Å². The zero-order valence-electron chi connectivity index (χ0n) is 76.3. The highest BCUT2D eigenvalue weighted by Crippen LogP contribution is 2.48. The highest BCUT2D eigenvalue weighted by Gasteiger charge is 2.48. The molecule has 0 spiro atoms. The molecule has 1 aromatic heterocycles. The molecule has 0 aliphatic carbocycles. The molecular formula is C126H103BN2OSi2. The van der Waals surface area contributed by atoms with E-state index in [4.69, 9.17) is 4.74 Å². The van der Waals surface area contributed by atoms with Crippen LogP contribution < -0.4 is 67.5 Å². The average molecular weight is 1730 g/mol. The molecule has 22 rings (SSSR count). The molecule has 0 unspecified atom stereocenters. The van der Waals surface area contributed by atoms with E-state index >= 15 is 0 Å². The lowest BCUT2D eigenvalue weighted by Crippen LogP contribution is -2.78. The Hall–Kier alpha value is -14.9. The van der Waals surface area contributed by atoms with Crippen LogP contribution >= 0.6 is 0 Å². The molecule has 3 heterocycles. The molecule has 0 radical (unpaired) electrons. The molecular weight excluding hydrogens is 1620 g/mol. The predicted octanol–water partition coefficient (Wildman–Crippen LogP) is 25.5. The fourth-order valence-electron chi connectivity index (χ4n) is 21.2. The molecule has 634 valence electrons. The number of hydrogen-bond donors (Lipinski definition) is 0. The Labute approximate surface area is 779 Å². The molecule has 0 N–H and O–H groups in total. The van der Waals surface area contributed by atoms with Gasteiger partial charge in [-0.1, -0.05) is 463 Å². The molecule has 0 saturated carbocycles. The summed E-state index contributed by atoms with van der Waals surface area (Å²) in [6.45, 7) is 20.8. The molecule has 0 atom stereocenters. The van der Waals surface area contributed by atoms with Gasteiger partial charge in [-0.15, -0.1) is 0 Å². The van der Waals surface area contributed by atoms with Gasteiger partial charge in [-0.05, 0) is 223 Å². The third-order valence-electron chi connectivity index (χ3n) is 27.9. The van der Waals surface area contributed by atoms with Gasteiger partial charge in [0.1, 0.15) is 11.5 Å². The number of fused-ring (bicyclic) bond motifs is 7. The number of aromatic nitrogens is 1. The number of para-hydroxylation sites is 2. The minimum Gasteiger partial charge on any atom is -0.458 e. The van der Waals surface area contributed by atoms with Crippen LogP contribution in [0.4, 0.5) is 17.1 Å². The van der Waals surface area contributed by atoms with Crippen LogP contribution in [0, 0.1) is 0 Å². The van der Waals surface area contributed by atoms with Crippen molar-refractivity contribution in [3.63, 3.8) is 0 Å². The van der Waals surface area contributed by atoms with E-state index < -0.39 is 16.1 Å². The van der Waals surface area contributed by atoms with Crippen molar-refractivity contribution in [3.05, 3.63) is 478 Å². The van der Waals surface area contributed by atoms with Crippen molar-refractivity contribution in [2.75, 3.05) is 4.90 Å². The first-order chi connectivity index (χ1) is 64.3. The first-order valence-corrected chi connectivity index (χ1v) is 50.5. The van der Waals surface area contributed by atoms with Crippen molar-refractivity contribution < 1.29 is 4.74 Å². The molecule has 2 aliphatic heterocycles. The summed E-state index contributed by atoms with van der Waals surface area (Å²) in [6, 6.07) is 177. The second kappa shape index (κ2) is 33.2. The summed E-state index contributed by atoms with van der Waals surface area (Å²) < 4.78 is 10.7. The minimum absolute atomic E-state index is 0.0651. The van der Waals surface area contributed by atoms with E-state index in [9.17, 15) is 0 Å². The fourth-order valence-corrected chi connectivity index (χ4v) is 31.1. The van der Waals surface area contributed by atoms with Gasteiger partial charge >= 0.3 is 0 Å². The molecule has 19 aromatic carbocycles. The Morgan fingerprint density at radius 1 is 0.212 bits per heavy atom. The third-order valence-corrected chi connectivity index (χ3v) is 37.3. The van der Waals surface area contributed by atoms with Gasteiger partial charge in [-0.2, -0.15) is 0 Å². The summed E-state index contributed by atoms with van der Waals surface area (Å²) in [5.74, 6) is 1.62. The molecule has 0 amide bonds. The summed E-state index contributed by atoms with van der Waals surface area (Å²) in [4.78, 5) is 2.60. The number of anilines is 3. The first kappa shape index (κ1) is 82.7. The van der Waals surface area contributed by atoms with Gasteiger partial charge in [0.25, 0.3) is 6.71 Å². The molecule has 3 nitrogen and oxygen atoms in total. The van der Waals surface area contributed by atoms with Gasteiger partial charge in [0, 0.05) is 33.9 Å². The van der Waals surface area contributed by atoms with E-state index in [1.165, 1.54) is 102 Å². The van der Waals surface area contributed by atoms with Crippen molar-refractivity contribution in [2.45, 2.75) is 78.6 Å². The number of ether oxygens (including phenoxy) is 1. The van der Waals surface area contributed by atoms with Crippen LogP contribution in [0.2, 0.25) is 0 Å². The van der Waals surface area contributed by atoms with Crippen molar-refractivity contribution >= 4 is 120 Å². The second-order valence-electron chi connectivity index (χ2n) is 39.1. The van der Waals surface area contributed by atoms with Crippen molar-refractivity contribution in [2.24, 2.45) is 0 Å². The molecule has 0 fully saturated rings. The van der Waals surface area contributed by atoms with Gasteiger partial charge in [-0.25, -0.2) is 0 Å². The number of hydrogen-bond acceptors (Lipinski definition) is 2. The predicted molar refractivity (Wildman–Crippen MR) is 568 cm³/mol. The highest BCUT2D eigenvalue weighted by molar-refractivity contribution is 7.22. The van der Waals surface area contributed by atoms with Gasteiger partial charge in [-0.3, -0.25) is 0 Å². The molecule has 6 heteroatoms. The second-order valence-corrected chi connectivity index (χ2v) is 46.8. The average Bonchev–Trinajstić information content (AvgIpc) is 0.774. The van der Waals surface area contributed by atoms with E-state index in [2.05, 4.69) is 533 Å². The van der Waals surface area contributed by atoms with Gasteiger partial charge in [0.05, 0.1) is 16.7 Å². The lowest BCUT2D eigenvalue weighted by Gasteiger charge is -2.41. The standard InChI is InChI=1S/C126H103BN2OSi2/c1-124(2,3)100-50-38-48-90(70-100)91-49-39-59-109(75-91)131(105-51-26-14-27-52-105,106-53-28-15-29-54-106)111-78-99(79-112(85-111)132(107-55-30-16-31-56-107,108-57-32-17-33-58-108)110-76-96(88-44-22-12-23-45-88)69-97(77-110)89-46-24-13-25-47-89)93-65-67-116-121(81-93)130-122-84-104(128-117-62-36-34-60-113(117)114-61-35-37-63-118(114)128)83-120-123(122)127(116)115-66-64-92(98-71-101(125(4,5)6)82-102(72-98)126(7,8)9)80-119(115)129(120)103-73-94(86-40-18-10-19-41-86)68-95(74-103)87-42-20-11-21-43-87/h10-85H,1-9H3. The largest absolute Gasteiger partial charge is 0.458 e. The highest BCUT2D eigenvalue weighted by atomic mass is 28.3. The zero-order chi connectivity index (χ0) is 89.6. The molecule has 0 bridgehead atoms. The van der Waals surface area contributed by atoms with Crippen LogP contribution in [0.5, 0.6) is 11.5 Å². The Balaban J connectivity index is 0.853. The SMILES string of the molecule is CC(C)(C)c1cccc(-c2cccc([Si](c3ccccc3)(c3ccccc3)c3cc(-c4ccc5c(c4)Oc4cc(-n6c7ccccc7c7ccccc76)cc6c4B5c4ccc(-c5cc(C(C)(C)C)cc(C(C)(C)C)c5)cc4N6c4cc(-c5ccccc5)cc(-c5ccccc5)c4)cc([Si](c4ccccc4)(c4ccccc4)c4cc(-c5ccccc5)cc(-c5ccccc5)c4)c3)c2)c1. The van der Waals surface area contributed by atoms with E-state index in [1.54, 1.807) is 0 Å². The van der Waals surface area contributed by atoms with Crippen molar-refractivity contribution in [1.29, 1.82) is 0 Å². The summed E-state index contributed by atoms with van der Waals surface area (Å²) in [5, 5.41) is 12.6. The lowest BCUT2D eigenvalue weighted by molar-refractivity contribution is 0.487. The molecule has 2 aliphatic rings. The summed E-state index contributed by atoms with van der Waals surface area (Å²) in [6.07, 6.45) is 0. The van der Waals surface area contributed by atoms with Crippen LogP contribution in [-0.2, 0) is 16.2 Å². The Bertz CT molecular complexity index is 7490. The molecule has 132 heavy (non-hydrogen) atoms. The summed E-state index contributed by atoms with van der Waals surface area (Å²) in [7, 11) is -7.22. The Morgan fingerprint density at radius 3 is 1.02 bits per heavy atom. The summed E-state index contributed by atoms with van der Waals surface area (Å²) >= 11 is 0. The normalized spacial score (nSPS) is 12.6. The maximum absolute atomic E-state index is 8.20. The first-order valence-electron chi connectivity index (χ1n) is 46.5. The minimum atomic E-state index is -3.65. The van der Waals surface area contributed by atoms with E-state index in [0.717, 1.165) is 106 Å². The van der Waals surface area contributed by atoms with E-state index in [1.807, 2.05) is 0 Å². The topological polar surface area (TPSA) is 17.4 Å². The number of rotatable bonds is 17. The van der Waals surface area contributed by atoms with Gasteiger partial charge in [0.15, 0.2) is 16.1 Å². The zero-order valence-corrected chi connectivity index (χ0v) is 78.3. The number of benzene rings is 19. The van der Waals surface area contributed by atoms with Crippen LogP contribution in [0.25, 0.3) is 105 Å². The van der Waals surface area contributed by atoms with Crippen molar-refractivity contribution in [1.82, 2.24) is 4.57 Å². The molecule has 0 saturated heterocycles. The van der Waals surface area contributed by atoms with Crippen LogP contribution in [0.3, 0.4) is 0 Å². The smallest absolute Gasteiger partial charge is 0.256 e. The quantitative estimate of drug-likeness (QED) is 0.0668. The monoisotopic (exact) mass is 1730 g/mol. The number of nitrogens with zero attached hydrogens (tertiary/aromatic N) is 2. The Morgan fingerprint density at radius 2 is 0.553 bits per heavy atom. The van der Waals surface area contributed by atoms with E-state index in [0.29, 0.717) is 0 Å².